The van der Waals surface area contributed by atoms with Crippen LogP contribution < -0.4 is 14.2 Å². The number of methoxy groups -OCH3 is 1. The molecule has 0 saturated carbocycles. The van der Waals surface area contributed by atoms with E-state index in [2.05, 4.69) is 117 Å². The number of unbranched alkanes of at least 4 members (excludes halogenated alkanes) is 1. The zero-order chi connectivity index (χ0) is 39.5. The van der Waals surface area contributed by atoms with Gasteiger partial charge < -0.3 is 19.1 Å². The van der Waals surface area contributed by atoms with E-state index in [1.54, 1.807) is 30.2 Å². The summed E-state index contributed by atoms with van der Waals surface area (Å²) < 4.78 is 20.0. The number of carbonyl (C=O) groups excluding carboxylic acids is 1. The van der Waals surface area contributed by atoms with Crippen LogP contribution in [0, 0.1) is 6.92 Å². The summed E-state index contributed by atoms with van der Waals surface area (Å²) in [5.41, 5.74) is 8.02. The van der Waals surface area contributed by atoms with Gasteiger partial charge in [0.05, 0.1) is 23.9 Å². The highest BCUT2D eigenvalue weighted by Gasteiger charge is 2.50. The topological polar surface area (TPSA) is 60.9 Å². The molecule has 1 aliphatic rings. The van der Waals surface area contributed by atoms with E-state index >= 15 is 4.79 Å². The lowest BCUT2D eigenvalue weighted by atomic mass is 9.73. The van der Waals surface area contributed by atoms with Crippen LogP contribution in [0.5, 0.6) is 17.2 Å². The maximum atomic E-state index is 15.4. The summed E-state index contributed by atoms with van der Waals surface area (Å²) in [5.74, 6) is 3.41. The fourth-order valence-electron chi connectivity index (χ4n) is 7.58. The Morgan fingerprint density at radius 3 is 2.21 bits per heavy atom. The monoisotopic (exact) mass is 820 g/mol. The van der Waals surface area contributed by atoms with E-state index in [0.717, 1.165) is 90.9 Å². The first kappa shape index (κ1) is 41.4. The van der Waals surface area contributed by atoms with Crippen LogP contribution in [0.2, 0.25) is 0 Å². The Morgan fingerprint density at radius 1 is 0.857 bits per heavy atom. The minimum atomic E-state index is -0.789. The van der Waals surface area contributed by atoms with Crippen LogP contribution in [-0.4, -0.2) is 41.8 Å². The Morgan fingerprint density at radius 2 is 1.54 bits per heavy atom. The first-order valence-corrected chi connectivity index (χ1v) is 22.6. The molecule has 0 bridgehead atoms. The molecule has 1 aliphatic carbocycles. The Labute approximate surface area is 346 Å². The third-order valence-electron chi connectivity index (χ3n) is 10.2. The SMILES string of the molecule is CCCN(Cc1ccc(OCc2ccc(C)cc2)cc1OC)C(=O)C1(CCCCSc2nc3ccc(OCC)cc3s2)c2ccccc2-c2ccccc21.P=S. The lowest BCUT2D eigenvalue weighted by molar-refractivity contribution is -0.136. The van der Waals surface area contributed by atoms with Gasteiger partial charge in [-0.25, -0.2) is 4.98 Å². The molecule has 0 unspecified atom stereocenters. The fourth-order valence-corrected chi connectivity index (χ4v) is 9.75. The number of rotatable bonds is 17. The van der Waals surface area contributed by atoms with Gasteiger partial charge in [0.1, 0.15) is 29.3 Å². The highest BCUT2D eigenvalue weighted by atomic mass is 32.4. The van der Waals surface area contributed by atoms with Crippen molar-refractivity contribution in [2.24, 2.45) is 0 Å². The van der Waals surface area contributed by atoms with Crippen molar-refractivity contribution in [3.05, 3.63) is 137 Å². The standard InChI is InChI=1S/C46H48N2O4S2.HPS/c1-5-26-48(30-34-21-22-35(28-42(34)50-4)52-31-33-19-17-32(3)18-20-33)44(49)46(39-15-9-7-13-37(39)38-14-8-10-16-40(38)46)25-11-12-27-53-45-47-41-24-23-36(51-6-2)29-43(41)54-45;1-2/h7-10,13-24,28-29H,5-6,11-12,25-27,30-31H2,1-4H3;1H. The molecular formula is C46H49N2O4PS3. The van der Waals surface area contributed by atoms with Crippen molar-refractivity contribution >= 4 is 59.0 Å². The number of thioether (sulfide) groups is 1. The van der Waals surface area contributed by atoms with Gasteiger partial charge in [-0.3, -0.25) is 4.79 Å². The normalized spacial score (nSPS) is 12.3. The molecule has 0 spiro atoms. The number of benzene rings is 5. The number of aromatic nitrogens is 1. The van der Waals surface area contributed by atoms with E-state index in [0.29, 0.717) is 32.1 Å². The second-order valence-electron chi connectivity index (χ2n) is 13.8. The summed E-state index contributed by atoms with van der Waals surface area (Å²) in [5, 5.41) is 0. The number of hydrogen-bond acceptors (Lipinski definition) is 8. The number of amides is 1. The summed E-state index contributed by atoms with van der Waals surface area (Å²) in [6.07, 6.45) is 3.43. The van der Waals surface area contributed by atoms with Crippen molar-refractivity contribution in [1.82, 2.24) is 9.88 Å². The van der Waals surface area contributed by atoms with E-state index in [9.17, 15) is 0 Å². The molecule has 0 aliphatic heterocycles. The fraction of sp³-hybridized carbons (Fsp3) is 0.304. The van der Waals surface area contributed by atoms with Gasteiger partial charge in [-0.1, -0.05) is 115 Å². The van der Waals surface area contributed by atoms with Gasteiger partial charge in [0, 0.05) is 30.5 Å². The van der Waals surface area contributed by atoms with Crippen LogP contribution in [0.25, 0.3) is 21.3 Å². The predicted octanol–water partition coefficient (Wildman–Crippen LogP) is 11.9. The van der Waals surface area contributed by atoms with Gasteiger partial charge in [-0.2, -0.15) is 0 Å². The summed E-state index contributed by atoms with van der Waals surface area (Å²) >= 11 is 7.40. The van der Waals surface area contributed by atoms with Crippen LogP contribution in [0.1, 0.15) is 67.3 Å². The Kier molecular flexibility index (Phi) is 14.6. The average Bonchev–Trinajstić information content (AvgIpc) is 3.77. The van der Waals surface area contributed by atoms with E-state index in [-0.39, 0.29) is 5.91 Å². The van der Waals surface area contributed by atoms with Crippen molar-refractivity contribution in [2.45, 2.75) is 69.4 Å². The Hall–Kier alpha value is -4.27. The molecule has 1 heterocycles. The number of thiazole rings is 1. The van der Waals surface area contributed by atoms with E-state index in [1.807, 2.05) is 37.3 Å². The third kappa shape index (κ3) is 9.13. The van der Waals surface area contributed by atoms with Gasteiger partial charge >= 0.3 is 0 Å². The Bertz CT molecular complexity index is 2200. The van der Waals surface area contributed by atoms with Crippen LogP contribution in [0.15, 0.2) is 114 Å². The molecular weight excluding hydrogens is 772 g/mol. The molecule has 10 heteroatoms. The van der Waals surface area contributed by atoms with Gasteiger partial charge in [0.2, 0.25) is 5.91 Å². The molecule has 5 aromatic carbocycles. The number of ether oxygens (including phenoxy) is 3. The third-order valence-corrected chi connectivity index (χ3v) is 12.4. The summed E-state index contributed by atoms with van der Waals surface area (Å²) in [6.45, 7) is 8.42. The van der Waals surface area contributed by atoms with E-state index in [1.165, 1.54) is 5.56 Å². The number of hydrogen-bond donors (Lipinski definition) is 0. The number of nitrogens with zero attached hydrogens (tertiary/aromatic N) is 2. The molecule has 1 amide bonds. The molecule has 0 radical (unpaired) electrons. The molecule has 56 heavy (non-hydrogen) atoms. The van der Waals surface area contributed by atoms with Crippen LogP contribution in [-0.2, 0) is 35.2 Å². The first-order valence-electron chi connectivity index (χ1n) is 19.1. The summed E-state index contributed by atoms with van der Waals surface area (Å²) in [7, 11) is 4.24. The minimum Gasteiger partial charge on any atom is -0.496 e. The van der Waals surface area contributed by atoms with Gasteiger partial charge in [-0.15, -0.1) is 11.3 Å². The average molecular weight is 821 g/mol. The molecule has 1 aromatic heterocycles. The molecule has 0 atom stereocenters. The van der Waals surface area contributed by atoms with Gasteiger partial charge in [0.15, 0.2) is 4.34 Å². The molecule has 7 rings (SSSR count). The van der Waals surface area contributed by atoms with Gasteiger partial charge in [-0.05, 0) is 99.3 Å². The quantitative estimate of drug-likeness (QED) is 0.0516. The highest BCUT2D eigenvalue weighted by molar-refractivity contribution is 8.01. The Balaban J connectivity index is 0.00000262. The van der Waals surface area contributed by atoms with Crippen molar-refractivity contribution in [1.29, 1.82) is 0 Å². The predicted molar refractivity (Wildman–Crippen MR) is 238 cm³/mol. The lowest BCUT2D eigenvalue weighted by Gasteiger charge is -2.37. The van der Waals surface area contributed by atoms with E-state index < -0.39 is 5.41 Å². The largest absolute Gasteiger partial charge is 0.496 e. The number of fused-ring (bicyclic) bond motifs is 4. The van der Waals surface area contributed by atoms with Crippen LogP contribution in [0.3, 0.4) is 0 Å². The molecule has 6 aromatic rings. The minimum absolute atomic E-state index is 0.146. The second kappa shape index (κ2) is 19.7. The second-order valence-corrected chi connectivity index (χ2v) is 16.2. The lowest BCUT2D eigenvalue weighted by Crippen LogP contribution is -2.47. The first-order chi connectivity index (χ1) is 27.4. The molecule has 290 valence electrons. The zero-order valence-electron chi connectivity index (χ0n) is 32.5. The van der Waals surface area contributed by atoms with Crippen LogP contribution in [0.4, 0.5) is 0 Å². The smallest absolute Gasteiger partial charge is 0.238 e. The molecule has 0 fully saturated rings. The van der Waals surface area contributed by atoms with Crippen molar-refractivity contribution in [3.63, 3.8) is 0 Å². The van der Waals surface area contributed by atoms with E-state index in [4.69, 9.17) is 19.2 Å². The molecule has 0 saturated heterocycles. The van der Waals surface area contributed by atoms with Gasteiger partial charge in [0.25, 0.3) is 0 Å². The molecule has 0 N–H and O–H groups in total. The van der Waals surface area contributed by atoms with Crippen molar-refractivity contribution in [3.8, 4) is 28.4 Å². The summed E-state index contributed by atoms with van der Waals surface area (Å²) in [6, 6.07) is 37.4. The molecule has 6 nitrogen and oxygen atoms in total. The van der Waals surface area contributed by atoms with Crippen LogP contribution >= 0.6 is 31.1 Å². The zero-order valence-corrected chi connectivity index (χ0v) is 36.0. The van der Waals surface area contributed by atoms with Crippen molar-refractivity contribution in [2.75, 3.05) is 26.0 Å². The van der Waals surface area contributed by atoms with Crippen molar-refractivity contribution < 1.29 is 19.0 Å². The number of aryl methyl sites for hydroxylation is 1. The maximum Gasteiger partial charge on any atom is 0.238 e. The highest BCUT2D eigenvalue weighted by Crippen LogP contribution is 2.52. The summed E-state index contributed by atoms with van der Waals surface area (Å²) in [4.78, 5) is 22.4. The number of carbonyl (C=O) groups is 1. The maximum absolute atomic E-state index is 15.4.